The molecule has 1 aliphatic heterocycles. The van der Waals surface area contributed by atoms with Gasteiger partial charge in [0.25, 0.3) is 5.91 Å². The van der Waals surface area contributed by atoms with Gasteiger partial charge in [-0.25, -0.2) is 8.42 Å². The van der Waals surface area contributed by atoms with Crippen molar-refractivity contribution in [3.8, 4) is 0 Å². The second-order valence-electron chi connectivity index (χ2n) is 8.34. The van der Waals surface area contributed by atoms with Crippen molar-refractivity contribution in [2.45, 2.75) is 44.2 Å². The van der Waals surface area contributed by atoms with E-state index in [0.29, 0.717) is 24.4 Å². The van der Waals surface area contributed by atoms with Crippen molar-refractivity contribution in [3.63, 3.8) is 0 Å². The molecule has 7 nitrogen and oxygen atoms in total. The van der Waals surface area contributed by atoms with Crippen LogP contribution < -0.4 is 0 Å². The van der Waals surface area contributed by atoms with Gasteiger partial charge < -0.3 is 9.64 Å². The smallest absolute Gasteiger partial charge is 0.309 e. The number of carbonyl (C=O) groups is 2. The molecule has 0 radical (unpaired) electrons. The Bertz CT molecular complexity index is 1050. The molecule has 1 amide bonds. The van der Waals surface area contributed by atoms with Gasteiger partial charge in [-0.05, 0) is 56.5 Å². The molecule has 1 fully saturated rings. The minimum atomic E-state index is -3.64. The molecular formula is C24H29ClN2O5S. The van der Waals surface area contributed by atoms with E-state index in [4.69, 9.17) is 16.3 Å². The average Bonchev–Trinajstić information content (AvgIpc) is 2.81. The van der Waals surface area contributed by atoms with E-state index in [1.54, 1.807) is 4.90 Å². The lowest BCUT2D eigenvalue weighted by molar-refractivity contribution is -0.157. The molecule has 0 spiro atoms. The largest absolute Gasteiger partial charge is 0.455 e. The lowest BCUT2D eigenvalue weighted by Gasteiger charge is -2.30. The highest BCUT2D eigenvalue weighted by Crippen LogP contribution is 2.25. The van der Waals surface area contributed by atoms with Gasteiger partial charge in [0.2, 0.25) is 10.0 Å². The van der Waals surface area contributed by atoms with E-state index in [1.807, 2.05) is 44.2 Å². The first-order valence-corrected chi connectivity index (χ1v) is 12.8. The maximum atomic E-state index is 12.8. The van der Waals surface area contributed by atoms with Crippen LogP contribution in [0.1, 0.15) is 32.3 Å². The minimum absolute atomic E-state index is 0.0438. The Labute approximate surface area is 200 Å². The van der Waals surface area contributed by atoms with E-state index in [1.165, 1.54) is 28.6 Å². The molecule has 0 atom stereocenters. The number of hydrogen-bond acceptors (Lipinski definition) is 5. The summed E-state index contributed by atoms with van der Waals surface area (Å²) >= 11 is 5.84. The zero-order valence-corrected chi connectivity index (χ0v) is 20.4. The maximum absolute atomic E-state index is 12.8. The molecule has 1 aliphatic rings. The van der Waals surface area contributed by atoms with Crippen LogP contribution in [-0.2, 0) is 30.9 Å². The number of benzene rings is 2. The zero-order chi connectivity index (χ0) is 24.0. The minimum Gasteiger partial charge on any atom is -0.455 e. The summed E-state index contributed by atoms with van der Waals surface area (Å²) in [5, 5.41) is 0.463. The number of amides is 1. The maximum Gasteiger partial charge on any atom is 0.309 e. The van der Waals surface area contributed by atoms with Crippen molar-refractivity contribution in [2.75, 3.05) is 19.7 Å². The fourth-order valence-corrected chi connectivity index (χ4v) is 5.36. The van der Waals surface area contributed by atoms with Crippen LogP contribution in [0.3, 0.4) is 0 Å². The number of hydrogen-bond donors (Lipinski definition) is 0. The van der Waals surface area contributed by atoms with Crippen molar-refractivity contribution in [1.82, 2.24) is 9.21 Å². The molecular weight excluding hydrogens is 464 g/mol. The molecule has 2 aromatic rings. The molecule has 3 rings (SSSR count). The highest BCUT2D eigenvalue weighted by atomic mass is 35.5. The molecule has 9 heteroatoms. The van der Waals surface area contributed by atoms with Gasteiger partial charge in [0, 0.05) is 30.7 Å². The Morgan fingerprint density at radius 3 is 2.24 bits per heavy atom. The van der Waals surface area contributed by atoms with Crippen LogP contribution in [0.5, 0.6) is 0 Å². The Morgan fingerprint density at radius 1 is 1.06 bits per heavy atom. The summed E-state index contributed by atoms with van der Waals surface area (Å²) in [6, 6.07) is 15.6. The number of esters is 1. The van der Waals surface area contributed by atoms with Gasteiger partial charge >= 0.3 is 5.97 Å². The molecule has 0 unspecified atom stereocenters. The average molecular weight is 493 g/mol. The SMILES string of the molecule is CC(C)N(Cc1ccccc1)C(=O)COC(=O)C1CCN(S(=O)(=O)c2ccc(Cl)cc2)CC1. The normalized spacial score (nSPS) is 15.4. The van der Waals surface area contributed by atoms with Crippen LogP contribution in [0.2, 0.25) is 5.02 Å². The Kier molecular flexibility index (Phi) is 8.51. The van der Waals surface area contributed by atoms with Gasteiger partial charge in [-0.1, -0.05) is 41.9 Å². The molecule has 33 heavy (non-hydrogen) atoms. The summed E-state index contributed by atoms with van der Waals surface area (Å²) in [5.41, 5.74) is 1.00. The van der Waals surface area contributed by atoms with Gasteiger partial charge in [-0.3, -0.25) is 9.59 Å². The number of carbonyl (C=O) groups excluding carboxylic acids is 2. The Balaban J connectivity index is 1.51. The standard InChI is InChI=1S/C24H29ClN2O5S/c1-18(2)27(16-19-6-4-3-5-7-19)23(28)17-32-24(29)20-12-14-26(15-13-20)33(30,31)22-10-8-21(25)9-11-22/h3-11,18,20H,12-17H2,1-2H3. The molecule has 2 aromatic carbocycles. The number of rotatable bonds is 8. The van der Waals surface area contributed by atoms with Crippen LogP contribution in [0.4, 0.5) is 0 Å². The fourth-order valence-electron chi connectivity index (χ4n) is 3.76. The quantitative estimate of drug-likeness (QED) is 0.524. The number of sulfonamides is 1. The van der Waals surface area contributed by atoms with E-state index >= 15 is 0 Å². The van der Waals surface area contributed by atoms with E-state index in [-0.39, 0.29) is 36.5 Å². The molecule has 1 saturated heterocycles. The molecule has 0 aromatic heterocycles. The Morgan fingerprint density at radius 2 is 1.67 bits per heavy atom. The van der Waals surface area contributed by atoms with E-state index in [9.17, 15) is 18.0 Å². The van der Waals surface area contributed by atoms with Gasteiger partial charge in [0.15, 0.2) is 6.61 Å². The van der Waals surface area contributed by atoms with Gasteiger partial charge in [0.05, 0.1) is 10.8 Å². The number of halogens is 1. The second kappa shape index (κ2) is 11.1. The molecule has 1 heterocycles. The molecule has 0 N–H and O–H groups in total. The number of nitrogens with zero attached hydrogens (tertiary/aromatic N) is 2. The number of piperidine rings is 1. The highest BCUT2D eigenvalue weighted by Gasteiger charge is 2.33. The lowest BCUT2D eigenvalue weighted by Crippen LogP contribution is -2.42. The van der Waals surface area contributed by atoms with Crippen LogP contribution >= 0.6 is 11.6 Å². The van der Waals surface area contributed by atoms with Gasteiger partial charge in [0.1, 0.15) is 0 Å². The van der Waals surface area contributed by atoms with Crippen LogP contribution in [-0.4, -0.2) is 55.2 Å². The topological polar surface area (TPSA) is 84.0 Å². The summed E-state index contributed by atoms with van der Waals surface area (Å²) in [6.45, 7) is 4.37. The predicted octanol–water partition coefficient (Wildman–Crippen LogP) is 3.72. The Hall–Kier alpha value is -2.42. The van der Waals surface area contributed by atoms with Gasteiger partial charge in [-0.15, -0.1) is 0 Å². The third kappa shape index (κ3) is 6.56. The first-order chi connectivity index (χ1) is 15.7. The summed E-state index contributed by atoms with van der Waals surface area (Å²) in [7, 11) is -3.64. The lowest BCUT2D eigenvalue weighted by atomic mass is 9.98. The van der Waals surface area contributed by atoms with E-state index in [0.717, 1.165) is 5.56 Å². The van der Waals surface area contributed by atoms with Crippen molar-refractivity contribution in [3.05, 3.63) is 65.2 Å². The van der Waals surface area contributed by atoms with Crippen LogP contribution in [0.15, 0.2) is 59.5 Å². The summed E-state index contributed by atoms with van der Waals surface area (Å²) < 4.78 is 32.3. The van der Waals surface area contributed by atoms with Crippen LogP contribution in [0, 0.1) is 5.92 Å². The van der Waals surface area contributed by atoms with Crippen molar-refractivity contribution >= 4 is 33.5 Å². The third-order valence-electron chi connectivity index (χ3n) is 5.72. The van der Waals surface area contributed by atoms with Crippen molar-refractivity contribution < 1.29 is 22.7 Å². The van der Waals surface area contributed by atoms with Crippen molar-refractivity contribution in [1.29, 1.82) is 0 Å². The second-order valence-corrected chi connectivity index (χ2v) is 10.7. The molecule has 178 valence electrons. The molecule has 0 bridgehead atoms. The fraction of sp³-hybridized carbons (Fsp3) is 0.417. The van der Waals surface area contributed by atoms with Gasteiger partial charge in [-0.2, -0.15) is 4.31 Å². The van der Waals surface area contributed by atoms with E-state index in [2.05, 4.69) is 0 Å². The summed E-state index contributed by atoms with van der Waals surface area (Å²) in [4.78, 5) is 27.1. The van der Waals surface area contributed by atoms with Crippen LogP contribution in [0.25, 0.3) is 0 Å². The predicted molar refractivity (Wildman–Crippen MR) is 126 cm³/mol. The molecule has 0 aliphatic carbocycles. The summed E-state index contributed by atoms with van der Waals surface area (Å²) in [6.07, 6.45) is 0.690. The van der Waals surface area contributed by atoms with Crippen molar-refractivity contribution in [2.24, 2.45) is 5.92 Å². The first-order valence-electron chi connectivity index (χ1n) is 10.9. The zero-order valence-electron chi connectivity index (χ0n) is 18.8. The highest BCUT2D eigenvalue weighted by molar-refractivity contribution is 7.89. The summed E-state index contributed by atoms with van der Waals surface area (Å²) in [5.74, 6) is -1.16. The monoisotopic (exact) mass is 492 g/mol. The third-order valence-corrected chi connectivity index (χ3v) is 7.88. The first kappa shape index (κ1) is 25.2. The van der Waals surface area contributed by atoms with E-state index < -0.39 is 21.9 Å². The number of ether oxygens (including phenoxy) is 1. The molecule has 0 saturated carbocycles.